The summed E-state index contributed by atoms with van der Waals surface area (Å²) in [5.41, 5.74) is 2.03. The minimum Gasteiger partial charge on any atom is -0.307 e. The minimum absolute atomic E-state index is 0.465. The lowest BCUT2D eigenvalue weighted by molar-refractivity contribution is 0.307. The lowest BCUT2D eigenvalue weighted by Crippen LogP contribution is -2.15. The topological polar surface area (TPSA) is 60.9 Å². The molecule has 3 aromatic heterocycles. The molecule has 1 aliphatic rings. The highest BCUT2D eigenvalue weighted by atomic mass is 32.2. The highest BCUT2D eigenvalue weighted by molar-refractivity contribution is 7.98. The first-order valence-corrected chi connectivity index (χ1v) is 8.72. The van der Waals surface area contributed by atoms with Crippen molar-refractivity contribution in [3.63, 3.8) is 0 Å². The van der Waals surface area contributed by atoms with Gasteiger partial charge in [0.2, 0.25) is 5.16 Å². The third-order valence-corrected chi connectivity index (χ3v) is 5.11. The number of tetrazole rings is 1. The number of rotatable bonds is 4. The second-order valence-corrected chi connectivity index (χ2v) is 6.63. The quantitative estimate of drug-likeness (QED) is 0.692. The number of nitrogens with zero attached hydrogens (tertiary/aromatic N) is 6. The zero-order chi connectivity index (χ0) is 14.8. The van der Waals surface area contributed by atoms with Gasteiger partial charge in [0, 0.05) is 18.1 Å². The Balaban J connectivity index is 1.48. The molecule has 4 rings (SSSR count). The molecule has 0 aromatic carbocycles. The van der Waals surface area contributed by atoms with E-state index in [2.05, 4.69) is 26.7 Å². The molecule has 0 atom stereocenters. The van der Waals surface area contributed by atoms with Crippen molar-refractivity contribution in [1.29, 1.82) is 0 Å². The Labute approximate surface area is 132 Å². The molecule has 0 spiro atoms. The normalized spacial score (nSPS) is 16.4. The molecule has 0 unspecified atom stereocenters. The molecule has 7 heteroatoms. The molecular weight excluding hydrogens is 296 g/mol. The van der Waals surface area contributed by atoms with Crippen LogP contribution in [0, 0.1) is 0 Å². The van der Waals surface area contributed by atoms with Gasteiger partial charge in [0.05, 0.1) is 11.7 Å². The van der Waals surface area contributed by atoms with Crippen molar-refractivity contribution in [3.8, 4) is 0 Å². The van der Waals surface area contributed by atoms with Gasteiger partial charge in [0.25, 0.3) is 0 Å². The highest BCUT2D eigenvalue weighted by Gasteiger charge is 2.20. The molecule has 1 saturated carbocycles. The lowest BCUT2D eigenvalue weighted by atomic mass is 9.96. The van der Waals surface area contributed by atoms with E-state index in [1.54, 1.807) is 11.8 Å². The largest absolute Gasteiger partial charge is 0.307 e. The van der Waals surface area contributed by atoms with Gasteiger partial charge >= 0.3 is 0 Å². The maximum Gasteiger partial charge on any atom is 0.209 e. The van der Waals surface area contributed by atoms with Crippen LogP contribution in [0.25, 0.3) is 5.65 Å². The van der Waals surface area contributed by atoms with Crippen LogP contribution in [0.4, 0.5) is 0 Å². The van der Waals surface area contributed by atoms with Crippen LogP contribution in [-0.4, -0.2) is 29.6 Å². The van der Waals surface area contributed by atoms with E-state index in [1.165, 1.54) is 32.1 Å². The van der Waals surface area contributed by atoms with Crippen molar-refractivity contribution < 1.29 is 0 Å². The molecule has 0 saturated heterocycles. The van der Waals surface area contributed by atoms with Crippen molar-refractivity contribution in [2.45, 2.75) is 49.1 Å². The molecule has 22 heavy (non-hydrogen) atoms. The SMILES string of the molecule is c1ccn2cc(CSc3nnnn3C3CCCCC3)nc2c1. The van der Waals surface area contributed by atoms with Crippen molar-refractivity contribution in [2.75, 3.05) is 0 Å². The van der Waals surface area contributed by atoms with Crippen LogP contribution in [0.3, 0.4) is 0 Å². The number of pyridine rings is 1. The first-order chi connectivity index (χ1) is 10.9. The Morgan fingerprint density at radius 1 is 1.18 bits per heavy atom. The smallest absolute Gasteiger partial charge is 0.209 e. The van der Waals surface area contributed by atoms with Gasteiger partial charge in [-0.3, -0.25) is 0 Å². The summed E-state index contributed by atoms with van der Waals surface area (Å²) in [5, 5.41) is 13.2. The fraction of sp³-hybridized carbons (Fsp3) is 0.467. The molecule has 1 aliphatic carbocycles. The molecule has 3 heterocycles. The number of imidazole rings is 1. The number of fused-ring (bicyclic) bond motifs is 1. The molecule has 0 N–H and O–H groups in total. The average Bonchev–Trinajstić information content (AvgIpc) is 3.20. The van der Waals surface area contributed by atoms with E-state index >= 15 is 0 Å². The van der Waals surface area contributed by atoms with Crippen LogP contribution in [0.5, 0.6) is 0 Å². The number of hydrogen-bond donors (Lipinski definition) is 0. The average molecular weight is 314 g/mol. The van der Waals surface area contributed by atoms with Crippen LogP contribution in [-0.2, 0) is 5.75 Å². The number of aromatic nitrogens is 6. The van der Waals surface area contributed by atoms with Gasteiger partial charge < -0.3 is 4.40 Å². The third-order valence-electron chi connectivity index (χ3n) is 4.15. The second-order valence-electron chi connectivity index (χ2n) is 5.68. The summed E-state index contributed by atoms with van der Waals surface area (Å²) in [6, 6.07) is 6.49. The monoisotopic (exact) mass is 314 g/mol. The van der Waals surface area contributed by atoms with Crippen LogP contribution >= 0.6 is 11.8 Å². The Hall–Kier alpha value is -1.89. The molecule has 0 bridgehead atoms. The van der Waals surface area contributed by atoms with Gasteiger partial charge in [0.15, 0.2) is 0 Å². The third kappa shape index (κ3) is 2.72. The first kappa shape index (κ1) is 13.8. The molecule has 0 amide bonds. The van der Waals surface area contributed by atoms with Gasteiger partial charge in [-0.1, -0.05) is 37.1 Å². The van der Waals surface area contributed by atoms with E-state index in [0.29, 0.717) is 6.04 Å². The number of thioether (sulfide) groups is 1. The summed E-state index contributed by atoms with van der Waals surface area (Å²) in [5.74, 6) is 0.786. The van der Waals surface area contributed by atoms with Crippen molar-refractivity contribution >= 4 is 17.4 Å². The van der Waals surface area contributed by atoms with Crippen LogP contribution in [0.1, 0.15) is 43.8 Å². The zero-order valence-electron chi connectivity index (χ0n) is 12.3. The summed E-state index contributed by atoms with van der Waals surface area (Å²) in [6.07, 6.45) is 10.4. The van der Waals surface area contributed by atoms with E-state index in [4.69, 9.17) is 0 Å². The summed E-state index contributed by atoms with van der Waals surface area (Å²) in [7, 11) is 0. The Morgan fingerprint density at radius 2 is 2.09 bits per heavy atom. The molecule has 0 radical (unpaired) electrons. The van der Waals surface area contributed by atoms with Crippen molar-refractivity contribution in [3.05, 3.63) is 36.3 Å². The lowest BCUT2D eigenvalue weighted by Gasteiger charge is -2.21. The summed E-state index contributed by atoms with van der Waals surface area (Å²) >= 11 is 1.67. The zero-order valence-corrected chi connectivity index (χ0v) is 13.1. The van der Waals surface area contributed by atoms with Gasteiger partial charge in [0.1, 0.15) is 5.65 Å². The van der Waals surface area contributed by atoms with Crippen LogP contribution in [0.2, 0.25) is 0 Å². The fourth-order valence-electron chi connectivity index (χ4n) is 3.03. The predicted octanol–water partition coefficient (Wildman–Crippen LogP) is 3.12. The summed E-state index contributed by atoms with van der Waals surface area (Å²) in [6.45, 7) is 0. The molecule has 1 fully saturated rings. The molecule has 114 valence electrons. The molecule has 3 aromatic rings. The Bertz CT molecular complexity index is 725. The second kappa shape index (κ2) is 6.08. The van der Waals surface area contributed by atoms with Gasteiger partial charge in [-0.2, -0.15) is 0 Å². The molecular formula is C15H18N6S. The van der Waals surface area contributed by atoms with Crippen molar-refractivity contribution in [1.82, 2.24) is 29.6 Å². The predicted molar refractivity (Wildman–Crippen MR) is 84.7 cm³/mol. The Kier molecular flexibility index (Phi) is 3.80. The van der Waals surface area contributed by atoms with Gasteiger partial charge in [-0.05, 0) is 35.4 Å². The van der Waals surface area contributed by atoms with E-state index < -0.39 is 0 Å². The van der Waals surface area contributed by atoms with E-state index in [0.717, 1.165) is 22.3 Å². The Morgan fingerprint density at radius 3 is 2.95 bits per heavy atom. The highest BCUT2D eigenvalue weighted by Crippen LogP contribution is 2.31. The summed E-state index contributed by atoms with van der Waals surface area (Å²) in [4.78, 5) is 4.62. The maximum absolute atomic E-state index is 4.62. The van der Waals surface area contributed by atoms with Crippen LogP contribution < -0.4 is 0 Å². The van der Waals surface area contributed by atoms with E-state index in [1.807, 2.05) is 33.5 Å². The molecule has 6 nitrogen and oxygen atoms in total. The van der Waals surface area contributed by atoms with E-state index in [-0.39, 0.29) is 0 Å². The molecule has 0 aliphatic heterocycles. The maximum atomic E-state index is 4.62. The van der Waals surface area contributed by atoms with Crippen molar-refractivity contribution in [2.24, 2.45) is 0 Å². The van der Waals surface area contributed by atoms with Gasteiger partial charge in [-0.15, -0.1) is 5.10 Å². The van der Waals surface area contributed by atoms with E-state index in [9.17, 15) is 0 Å². The fourth-order valence-corrected chi connectivity index (χ4v) is 3.86. The van der Waals surface area contributed by atoms with Crippen LogP contribution in [0.15, 0.2) is 35.7 Å². The number of hydrogen-bond acceptors (Lipinski definition) is 5. The first-order valence-electron chi connectivity index (χ1n) is 7.73. The minimum atomic E-state index is 0.465. The standard InChI is InChI=1S/C15H18N6S/c1-2-6-13(7-3-1)21-15(17-18-19-21)22-11-12-10-20-9-5-4-8-14(20)16-12/h4-5,8-10,13H,1-3,6-7,11H2. The summed E-state index contributed by atoms with van der Waals surface area (Å²) < 4.78 is 4.06. The van der Waals surface area contributed by atoms with Gasteiger partial charge in [-0.25, -0.2) is 9.67 Å².